The highest BCUT2D eigenvalue weighted by atomic mass is 16.5. The van der Waals surface area contributed by atoms with Crippen molar-refractivity contribution in [3.05, 3.63) is 17.5 Å². The van der Waals surface area contributed by atoms with Gasteiger partial charge in [-0.3, -0.25) is 9.48 Å². The Hall–Kier alpha value is -1.36. The smallest absolute Gasteiger partial charge is 0.323 e. The van der Waals surface area contributed by atoms with Gasteiger partial charge in [-0.15, -0.1) is 0 Å². The number of hydrogen-bond donors (Lipinski definition) is 1. The van der Waals surface area contributed by atoms with Crippen LogP contribution in [0.5, 0.6) is 0 Å². The summed E-state index contributed by atoms with van der Waals surface area (Å²) in [5, 5.41) is 4.30. The summed E-state index contributed by atoms with van der Waals surface area (Å²) >= 11 is 0. The van der Waals surface area contributed by atoms with Gasteiger partial charge in [0.05, 0.1) is 12.3 Å². The third-order valence-corrected chi connectivity index (χ3v) is 2.30. The lowest BCUT2D eigenvalue weighted by molar-refractivity contribution is -0.144. The Morgan fingerprint density at radius 3 is 2.88 bits per heavy atom. The zero-order valence-corrected chi connectivity index (χ0v) is 10.1. The molecule has 0 aromatic carbocycles. The lowest BCUT2D eigenvalue weighted by Crippen LogP contribution is -2.35. The number of aromatic nitrogens is 2. The van der Waals surface area contributed by atoms with E-state index in [4.69, 9.17) is 10.5 Å². The Kier molecular flexibility index (Phi) is 4.49. The number of esters is 1. The van der Waals surface area contributed by atoms with E-state index in [1.807, 2.05) is 24.6 Å². The van der Waals surface area contributed by atoms with E-state index in [1.165, 1.54) is 0 Å². The molecule has 5 heteroatoms. The number of carbonyl (C=O) groups excluding carboxylic acids is 1. The maximum atomic E-state index is 11.4. The first-order chi connectivity index (χ1) is 7.58. The maximum absolute atomic E-state index is 11.4. The molecule has 0 fully saturated rings. The fourth-order valence-corrected chi connectivity index (χ4v) is 1.60. The van der Waals surface area contributed by atoms with Crippen LogP contribution in [-0.2, 0) is 22.5 Å². The highest BCUT2D eigenvalue weighted by Crippen LogP contribution is 2.07. The molecular formula is C11H19N3O2. The molecule has 2 N–H and O–H groups in total. The Bertz CT molecular complexity index is 360. The van der Waals surface area contributed by atoms with E-state index in [0.29, 0.717) is 13.0 Å². The molecule has 5 nitrogen and oxygen atoms in total. The highest BCUT2D eigenvalue weighted by molar-refractivity contribution is 5.75. The van der Waals surface area contributed by atoms with Crippen LogP contribution in [-0.4, -0.2) is 28.4 Å². The van der Waals surface area contributed by atoms with E-state index in [9.17, 15) is 4.79 Å². The van der Waals surface area contributed by atoms with Gasteiger partial charge in [0.2, 0.25) is 0 Å². The lowest BCUT2D eigenvalue weighted by Gasteiger charge is -2.11. The summed E-state index contributed by atoms with van der Waals surface area (Å²) in [5.74, 6) is -0.357. The molecule has 0 amide bonds. The number of ether oxygens (including phenoxy) is 1. The number of nitrogens with zero attached hydrogens (tertiary/aromatic N) is 2. The molecule has 1 unspecified atom stereocenters. The first kappa shape index (κ1) is 12.7. The van der Waals surface area contributed by atoms with Crippen molar-refractivity contribution in [1.29, 1.82) is 0 Å². The minimum absolute atomic E-state index is 0.357. The second kappa shape index (κ2) is 5.65. The molecule has 0 saturated carbocycles. The maximum Gasteiger partial charge on any atom is 0.323 e. The molecule has 0 radical (unpaired) electrons. The second-order valence-electron chi connectivity index (χ2n) is 3.66. The van der Waals surface area contributed by atoms with Gasteiger partial charge in [0.15, 0.2) is 0 Å². The minimum atomic E-state index is -0.610. The van der Waals surface area contributed by atoms with Crippen LogP contribution >= 0.6 is 0 Å². The number of hydrogen-bond acceptors (Lipinski definition) is 4. The monoisotopic (exact) mass is 225 g/mol. The lowest BCUT2D eigenvalue weighted by atomic mass is 10.1. The SMILES string of the molecule is CCOC(=O)C(N)Cc1cc(C)nn1CC. The van der Waals surface area contributed by atoms with Crippen molar-refractivity contribution >= 4 is 5.97 Å². The van der Waals surface area contributed by atoms with Crippen LogP contribution in [0.25, 0.3) is 0 Å². The molecule has 0 aliphatic heterocycles. The van der Waals surface area contributed by atoms with Gasteiger partial charge in [0.1, 0.15) is 6.04 Å². The second-order valence-corrected chi connectivity index (χ2v) is 3.66. The van der Waals surface area contributed by atoms with Gasteiger partial charge in [-0.1, -0.05) is 0 Å². The predicted octanol–water partition coefficient (Wildman–Crippen LogP) is 0.644. The van der Waals surface area contributed by atoms with Gasteiger partial charge in [-0.05, 0) is 26.8 Å². The summed E-state index contributed by atoms with van der Waals surface area (Å²) in [6.45, 7) is 6.83. The van der Waals surface area contributed by atoms with Gasteiger partial charge in [0, 0.05) is 18.7 Å². The summed E-state index contributed by atoms with van der Waals surface area (Å²) in [6.07, 6.45) is 0.466. The number of nitrogens with two attached hydrogens (primary N) is 1. The molecule has 1 rings (SSSR count). The molecule has 0 aliphatic rings. The number of carbonyl (C=O) groups is 1. The number of aryl methyl sites for hydroxylation is 2. The van der Waals surface area contributed by atoms with Crippen molar-refractivity contribution in [2.24, 2.45) is 5.73 Å². The Balaban J connectivity index is 2.68. The fraction of sp³-hybridized carbons (Fsp3) is 0.636. The van der Waals surface area contributed by atoms with Crippen LogP contribution in [0, 0.1) is 6.92 Å². The zero-order valence-electron chi connectivity index (χ0n) is 10.1. The molecule has 90 valence electrons. The van der Waals surface area contributed by atoms with Crippen LogP contribution in [0.2, 0.25) is 0 Å². The summed E-state index contributed by atoms with van der Waals surface area (Å²) in [4.78, 5) is 11.4. The fourth-order valence-electron chi connectivity index (χ4n) is 1.60. The number of rotatable bonds is 5. The van der Waals surface area contributed by atoms with Gasteiger partial charge < -0.3 is 10.5 Å². The van der Waals surface area contributed by atoms with Gasteiger partial charge in [0.25, 0.3) is 0 Å². The van der Waals surface area contributed by atoms with Crippen molar-refractivity contribution < 1.29 is 9.53 Å². The molecule has 1 atom stereocenters. The van der Waals surface area contributed by atoms with E-state index >= 15 is 0 Å². The van der Waals surface area contributed by atoms with Crippen molar-refractivity contribution in [1.82, 2.24) is 9.78 Å². The first-order valence-corrected chi connectivity index (χ1v) is 5.54. The summed E-state index contributed by atoms with van der Waals surface area (Å²) in [6, 6.07) is 1.34. The molecule has 0 spiro atoms. The van der Waals surface area contributed by atoms with E-state index in [0.717, 1.165) is 17.9 Å². The molecule has 1 aromatic heterocycles. The molecule has 0 saturated heterocycles. The van der Waals surface area contributed by atoms with Gasteiger partial charge >= 0.3 is 5.97 Å². The van der Waals surface area contributed by atoms with E-state index in [-0.39, 0.29) is 5.97 Å². The van der Waals surface area contributed by atoms with Crippen LogP contribution < -0.4 is 5.73 Å². The molecule has 1 heterocycles. The molecule has 1 aromatic rings. The highest BCUT2D eigenvalue weighted by Gasteiger charge is 2.17. The third kappa shape index (κ3) is 3.06. The molecule has 0 aliphatic carbocycles. The Morgan fingerprint density at radius 1 is 1.62 bits per heavy atom. The average Bonchev–Trinajstić information content (AvgIpc) is 2.59. The van der Waals surface area contributed by atoms with Crippen molar-refractivity contribution in [3.63, 3.8) is 0 Å². The van der Waals surface area contributed by atoms with E-state index in [2.05, 4.69) is 5.10 Å². The van der Waals surface area contributed by atoms with Gasteiger partial charge in [-0.25, -0.2) is 0 Å². The third-order valence-electron chi connectivity index (χ3n) is 2.30. The average molecular weight is 225 g/mol. The van der Waals surface area contributed by atoms with Crippen LogP contribution in [0.3, 0.4) is 0 Å². The Morgan fingerprint density at radius 2 is 2.31 bits per heavy atom. The van der Waals surface area contributed by atoms with Crippen LogP contribution in [0.1, 0.15) is 25.2 Å². The topological polar surface area (TPSA) is 70.1 Å². The summed E-state index contributed by atoms with van der Waals surface area (Å²) in [5.41, 5.74) is 7.66. The summed E-state index contributed by atoms with van der Waals surface area (Å²) < 4.78 is 6.72. The molecule has 0 bridgehead atoms. The van der Waals surface area contributed by atoms with Gasteiger partial charge in [-0.2, -0.15) is 5.10 Å². The quantitative estimate of drug-likeness (QED) is 0.747. The van der Waals surface area contributed by atoms with E-state index < -0.39 is 6.04 Å². The molecule has 16 heavy (non-hydrogen) atoms. The Labute approximate surface area is 95.6 Å². The normalized spacial score (nSPS) is 12.5. The predicted molar refractivity (Wildman–Crippen MR) is 61.0 cm³/mol. The summed E-state index contributed by atoms with van der Waals surface area (Å²) in [7, 11) is 0. The minimum Gasteiger partial charge on any atom is -0.465 e. The van der Waals surface area contributed by atoms with E-state index in [1.54, 1.807) is 6.92 Å². The largest absolute Gasteiger partial charge is 0.465 e. The van der Waals surface area contributed by atoms with Crippen LogP contribution in [0.4, 0.5) is 0 Å². The van der Waals surface area contributed by atoms with Crippen molar-refractivity contribution in [2.75, 3.05) is 6.61 Å². The van der Waals surface area contributed by atoms with Crippen molar-refractivity contribution in [2.45, 2.75) is 39.8 Å². The molecular weight excluding hydrogens is 206 g/mol. The first-order valence-electron chi connectivity index (χ1n) is 5.54. The van der Waals surface area contributed by atoms with Crippen molar-refractivity contribution in [3.8, 4) is 0 Å². The zero-order chi connectivity index (χ0) is 12.1. The standard InChI is InChI=1S/C11H19N3O2/c1-4-14-9(6-8(3)13-14)7-10(12)11(15)16-5-2/h6,10H,4-5,7,12H2,1-3H3. The van der Waals surface area contributed by atoms with Crippen LogP contribution in [0.15, 0.2) is 6.07 Å².